The van der Waals surface area contributed by atoms with E-state index in [9.17, 15) is 18.0 Å². The molecule has 2 atom stereocenters. The molecule has 27 nitrogen and oxygen atoms in total. The normalized spacial score (nSPS) is 12.1. The highest BCUT2D eigenvalue weighted by Crippen LogP contribution is 2.19. The van der Waals surface area contributed by atoms with Crippen LogP contribution in [0.15, 0.2) is 140 Å². The van der Waals surface area contributed by atoms with Crippen molar-refractivity contribution in [2.75, 3.05) is 52.4 Å². The number of carbonyl (C=O) groups excluding carboxylic acids is 2. The highest BCUT2D eigenvalue weighted by atomic mass is 32.2. The van der Waals surface area contributed by atoms with Crippen molar-refractivity contribution in [3.63, 3.8) is 0 Å². The summed E-state index contributed by atoms with van der Waals surface area (Å²) in [7, 11) is -3.18. The number of hydrogen-bond donors (Lipinski definition) is 2. The van der Waals surface area contributed by atoms with E-state index < -0.39 is 9.84 Å². The van der Waals surface area contributed by atoms with Crippen molar-refractivity contribution in [1.82, 2.24) is 40.5 Å². The molecule has 0 spiro atoms. The van der Waals surface area contributed by atoms with Crippen molar-refractivity contribution in [3.8, 4) is 12.1 Å². The molecule has 798 valence electrons. The number of nitrogens with one attached hydrogen (secondary N) is 2. The maximum Gasteiger partial charge on any atom is 0.220 e. The number of rotatable bonds is 39. The van der Waals surface area contributed by atoms with Crippen LogP contribution in [-0.2, 0) is 117 Å². The highest BCUT2D eigenvalue weighted by Gasteiger charge is 2.22. The van der Waals surface area contributed by atoms with Gasteiger partial charge in [0.05, 0.1) is 174 Å². The van der Waals surface area contributed by atoms with E-state index in [1.165, 1.54) is 34.8 Å². The average molecular weight is 1980 g/mol. The maximum absolute atomic E-state index is 11.2. The third-order valence-corrected chi connectivity index (χ3v) is 18.1. The SMILES string of the molecule is C.C.C.C.C.C.C.C.CC(C)OCCCC#N.CC(C)OCCc1cc(C#N)ccn1.CC(C)OCCc1cncnc1.CC(C)OC[C@@H]1CCC(=O)N1.CC(C)OC[C@H]1CCC(=O)N1.CC(C)OCc1cncc(S(C)(=O)=O)c1.Cc1cccc(COC(C)C)c1.Cc1ccnc(COC(C)C)c1.Cc1cncc(COC(C)C)c1.[C-]#[N+]CCCCOC(C)C.[C-]#[N+]c1cc(C)cc(COC(C)C)c1. The fourth-order valence-electron chi connectivity index (χ4n) is 10.5. The molecule has 2 aliphatic heterocycles. The molecule has 0 aliphatic carbocycles. The van der Waals surface area contributed by atoms with E-state index in [0.717, 1.165) is 110 Å². The van der Waals surface area contributed by atoms with Crippen molar-refractivity contribution in [2.24, 2.45) is 0 Å². The van der Waals surface area contributed by atoms with Crippen LogP contribution in [0.2, 0.25) is 0 Å². The quantitative estimate of drug-likeness (QED) is 0.0267. The van der Waals surface area contributed by atoms with Crippen LogP contribution < -0.4 is 10.6 Å². The van der Waals surface area contributed by atoms with Crippen LogP contribution in [0, 0.1) is 63.5 Å². The minimum atomic E-state index is -3.18. The van der Waals surface area contributed by atoms with Gasteiger partial charge in [-0.2, -0.15) is 10.5 Å². The number of sulfone groups is 1. The number of amides is 2. The van der Waals surface area contributed by atoms with Gasteiger partial charge >= 0.3 is 0 Å². The Labute approximate surface area is 853 Å². The Hall–Kier alpha value is -9.47. The molecule has 0 unspecified atom stereocenters. The van der Waals surface area contributed by atoms with E-state index >= 15 is 0 Å². The first-order chi connectivity index (χ1) is 62.5. The number of carbonyl (C=O) groups is 2. The summed E-state index contributed by atoms with van der Waals surface area (Å²) in [5.74, 6) is 0.310. The molecule has 0 bridgehead atoms. The summed E-state index contributed by atoms with van der Waals surface area (Å²) in [4.78, 5) is 52.5. The lowest BCUT2D eigenvalue weighted by Crippen LogP contribution is -2.30. The molecule has 140 heavy (non-hydrogen) atoms. The van der Waals surface area contributed by atoms with Crippen LogP contribution in [0.25, 0.3) is 9.69 Å². The monoisotopic (exact) mass is 1980 g/mol. The molecule has 7 aromatic rings. The van der Waals surface area contributed by atoms with E-state index in [0.29, 0.717) is 114 Å². The average Bonchev–Trinajstić information content (AvgIpc) is 0.907. The Morgan fingerprint density at radius 3 is 1.24 bits per heavy atom. The van der Waals surface area contributed by atoms with Gasteiger partial charge in [0, 0.05) is 107 Å². The van der Waals surface area contributed by atoms with E-state index in [1.54, 1.807) is 30.6 Å². The smallest absolute Gasteiger partial charge is 0.220 e. The third kappa shape index (κ3) is 94.8. The molecule has 2 fully saturated rings. The second-order valence-electron chi connectivity index (χ2n) is 34.4. The van der Waals surface area contributed by atoms with Gasteiger partial charge in [0.2, 0.25) is 18.4 Å². The first-order valence-electron chi connectivity index (χ1n) is 46.1. The van der Waals surface area contributed by atoms with Crippen LogP contribution in [-0.4, -0.2) is 182 Å². The van der Waals surface area contributed by atoms with Gasteiger partial charge in [0.15, 0.2) is 15.5 Å². The van der Waals surface area contributed by atoms with E-state index in [4.69, 9.17) is 75.8 Å². The molecule has 7 heterocycles. The summed E-state index contributed by atoms with van der Waals surface area (Å²) in [6, 6.07) is 30.1. The molecule has 0 saturated carbocycles. The lowest BCUT2D eigenvalue weighted by molar-refractivity contribution is -0.120. The Kier molecular flexibility index (Phi) is 102. The van der Waals surface area contributed by atoms with Gasteiger partial charge in [-0.25, -0.2) is 29.8 Å². The Bertz CT molecular complexity index is 4250. The minimum absolute atomic E-state index is 0. The second kappa shape index (κ2) is 94.4. The molecule has 5 aromatic heterocycles. The zero-order valence-corrected chi connectivity index (χ0v) is 85.6. The van der Waals surface area contributed by atoms with Crippen molar-refractivity contribution in [3.05, 3.63) is 225 Å². The lowest BCUT2D eigenvalue weighted by Gasteiger charge is -2.12. The van der Waals surface area contributed by atoms with Crippen molar-refractivity contribution < 1.29 is 70.1 Å². The third-order valence-electron chi connectivity index (χ3n) is 17.0. The van der Waals surface area contributed by atoms with Crippen molar-refractivity contribution in [1.29, 1.82) is 10.5 Å². The Balaban J connectivity index is -0.000000165. The predicted octanol–water partition coefficient (Wildman–Crippen LogP) is 26.1. The van der Waals surface area contributed by atoms with Gasteiger partial charge in [0.1, 0.15) is 6.33 Å². The topological polar surface area (TPSA) is 328 Å². The van der Waals surface area contributed by atoms with E-state index in [-0.39, 0.29) is 131 Å². The fraction of sp³-hybridized carbons (Fsp3) is 0.625. The van der Waals surface area contributed by atoms with Crippen LogP contribution in [0.5, 0.6) is 0 Å². The number of hydrogen-bond acceptors (Lipinski definition) is 23. The van der Waals surface area contributed by atoms with Crippen LogP contribution >= 0.6 is 0 Å². The van der Waals surface area contributed by atoms with Gasteiger partial charge in [-0.15, -0.1) is 0 Å². The van der Waals surface area contributed by atoms with Crippen LogP contribution in [0.4, 0.5) is 5.69 Å². The number of ether oxygens (including phenoxy) is 11. The molecule has 0 radical (unpaired) electrons. The molecule has 9 rings (SSSR count). The number of unbranched alkanes of at least 4 members (excludes halogenated alkanes) is 2. The van der Waals surface area contributed by atoms with Crippen molar-refractivity contribution in [2.45, 2.75) is 421 Å². The van der Waals surface area contributed by atoms with Crippen LogP contribution in [0.3, 0.4) is 0 Å². The summed E-state index contributed by atoms with van der Waals surface area (Å²) < 4.78 is 81.7. The summed E-state index contributed by atoms with van der Waals surface area (Å²) in [6.07, 6.45) is 27.6. The number of pyridine rings is 4. The second-order valence-corrected chi connectivity index (χ2v) is 36.4. The Morgan fingerprint density at radius 2 is 0.814 bits per heavy atom. The molecule has 2 aliphatic rings. The number of nitrogens with zero attached hydrogens (tertiary/aromatic N) is 10. The molecule has 2 N–H and O–H groups in total. The molecule has 2 saturated heterocycles. The number of aromatic nitrogens is 6. The van der Waals surface area contributed by atoms with E-state index in [2.05, 4.69) is 126 Å². The summed E-state index contributed by atoms with van der Waals surface area (Å²) in [6.45, 7) is 73.6. The van der Waals surface area contributed by atoms with Crippen molar-refractivity contribution >= 4 is 27.3 Å². The van der Waals surface area contributed by atoms with Gasteiger partial charge in [0.25, 0.3) is 0 Å². The molecule has 2 amide bonds. The molecule has 28 heteroatoms. The van der Waals surface area contributed by atoms with Gasteiger partial charge in [-0.05, 0) is 281 Å². The predicted molar refractivity (Wildman–Crippen MR) is 580 cm³/mol. The Morgan fingerprint density at radius 1 is 0.407 bits per heavy atom. The van der Waals surface area contributed by atoms with Gasteiger partial charge in [-0.3, -0.25) is 29.5 Å². The lowest BCUT2D eigenvalue weighted by atomic mass is 10.1. The summed E-state index contributed by atoms with van der Waals surface area (Å²) >= 11 is 0. The summed E-state index contributed by atoms with van der Waals surface area (Å²) in [5.41, 5.74) is 13.4. The minimum Gasteiger partial charge on any atom is -0.379 e. The van der Waals surface area contributed by atoms with Gasteiger partial charge < -0.3 is 67.6 Å². The number of benzene rings is 2. The molecular formula is C112H194N12O15S. The first kappa shape index (κ1) is 151. The largest absolute Gasteiger partial charge is 0.379 e. The number of nitriles is 2. The molecule has 2 aromatic carbocycles. The molecular weight excluding hydrogens is 1790 g/mol. The zero-order chi connectivity index (χ0) is 99.6. The first-order valence-corrected chi connectivity index (χ1v) is 48.0. The zero-order valence-electron chi connectivity index (χ0n) is 84.8. The fourth-order valence-corrected chi connectivity index (χ4v) is 11.1. The van der Waals surface area contributed by atoms with Gasteiger partial charge in [-0.1, -0.05) is 119 Å². The standard InChI is InChI=1S/C12H15NO.C11H14N2O.C11H16O.C10H15NO3S.2C10H15NO.C9H14N2O.2C8H15NO2.C8H15NO.C7H13NO.8CH4/c1-9(2)14-8-11-5-10(3)6-12(7-11)13-4;1-9(2)14-6-4-11-7-10(8-12)3-5-13-11;1-9(2)12-8-11-6-4-5-10(3)7-11;1-8(2)14-7-9-4-10(6-11-5-9)15(3,12)13;1-8(2)12-7-10-4-9(3)5-11-6-10;1-8(2)12-7-10-6-9(3)4-5-11-10;1-8(2)12-4-3-9-5-10-7-11-6-9;2*1-6(2)11-5-7-3-4-8(10)9-7;1-8(2)10-7-5-4-6-9-3;1-7(2)9-6-4-3-5-8;;;;;;;;/h5-7,9H,8H2,1-3H3;3,5,7,9H,4,6H2,1-2H3;4-7,9H,8H2,1-3H3;4-6,8H,7H2,1-3H3;2*4-6,8H,7H2,1-3H3;5-8H,3-4H2,1-2H3;2*6-7H,3-5H2,1-2H3,(H,9,10);8H,4-7H2,1-2H3;7H,3-4,6H2,1-2H3;8*1H4/t;;;;;;;2*7-;;;;;;;;;;/m.......10........../s1. The van der Waals surface area contributed by atoms with Crippen LogP contribution in [0.1, 0.15) is 330 Å². The summed E-state index contributed by atoms with van der Waals surface area (Å²) in [5, 5.41) is 22.5. The number of aryl methyl sites for hydroxylation is 4. The highest BCUT2D eigenvalue weighted by molar-refractivity contribution is 7.90. The maximum atomic E-state index is 11.2. The van der Waals surface area contributed by atoms with E-state index in [1.807, 2.05) is 208 Å².